The van der Waals surface area contributed by atoms with Gasteiger partial charge in [0.25, 0.3) is 5.91 Å². The number of halogens is 1. The fourth-order valence-corrected chi connectivity index (χ4v) is 4.10. The van der Waals surface area contributed by atoms with Crippen molar-refractivity contribution in [1.29, 1.82) is 0 Å². The van der Waals surface area contributed by atoms with Gasteiger partial charge in [0.2, 0.25) is 0 Å². The van der Waals surface area contributed by atoms with Gasteiger partial charge >= 0.3 is 0 Å². The van der Waals surface area contributed by atoms with Crippen molar-refractivity contribution in [3.05, 3.63) is 83.4 Å². The van der Waals surface area contributed by atoms with Crippen LogP contribution in [0.4, 0.5) is 0 Å². The van der Waals surface area contributed by atoms with E-state index in [2.05, 4.69) is 20.7 Å². The first-order chi connectivity index (χ1) is 17.1. The zero-order valence-electron chi connectivity index (χ0n) is 19.0. The average Bonchev–Trinajstić information content (AvgIpc) is 3.32. The molecule has 1 heterocycles. The highest BCUT2D eigenvalue weighted by Gasteiger charge is 2.17. The number of aromatic nitrogens is 3. The van der Waals surface area contributed by atoms with Gasteiger partial charge < -0.3 is 9.47 Å². The van der Waals surface area contributed by atoms with Crippen LogP contribution in [-0.4, -0.2) is 46.9 Å². The van der Waals surface area contributed by atoms with Crippen molar-refractivity contribution in [1.82, 2.24) is 20.2 Å². The molecule has 1 amide bonds. The molecular formula is C25H22ClN5O3S. The maximum Gasteiger partial charge on any atom is 0.250 e. The number of hydrazone groups is 1. The van der Waals surface area contributed by atoms with Gasteiger partial charge in [-0.05, 0) is 54.6 Å². The summed E-state index contributed by atoms with van der Waals surface area (Å²) in [5, 5.41) is 13.8. The number of ether oxygens (including phenoxy) is 2. The molecule has 0 saturated carbocycles. The Morgan fingerprint density at radius 2 is 1.66 bits per heavy atom. The van der Waals surface area contributed by atoms with Gasteiger partial charge in [0, 0.05) is 21.8 Å². The van der Waals surface area contributed by atoms with E-state index in [-0.39, 0.29) is 11.7 Å². The Morgan fingerprint density at radius 1 is 1.00 bits per heavy atom. The fourth-order valence-electron chi connectivity index (χ4n) is 3.17. The number of nitrogens with one attached hydrogen (secondary N) is 1. The summed E-state index contributed by atoms with van der Waals surface area (Å²) in [6, 6.07) is 22.3. The van der Waals surface area contributed by atoms with Crippen LogP contribution in [0.15, 0.2) is 83.1 Å². The third-order valence-corrected chi connectivity index (χ3v) is 6.22. The van der Waals surface area contributed by atoms with E-state index in [0.29, 0.717) is 21.6 Å². The first-order valence-corrected chi connectivity index (χ1v) is 11.9. The van der Waals surface area contributed by atoms with Gasteiger partial charge in [0.1, 0.15) is 11.5 Å². The van der Waals surface area contributed by atoms with Crippen LogP contribution in [0.25, 0.3) is 17.1 Å². The van der Waals surface area contributed by atoms with Gasteiger partial charge in [-0.25, -0.2) is 5.43 Å². The second kappa shape index (κ2) is 11.5. The molecule has 0 saturated heterocycles. The van der Waals surface area contributed by atoms with E-state index < -0.39 is 0 Å². The van der Waals surface area contributed by atoms with Crippen molar-refractivity contribution < 1.29 is 14.3 Å². The minimum Gasteiger partial charge on any atom is -0.497 e. The summed E-state index contributed by atoms with van der Waals surface area (Å²) in [5.41, 5.74) is 4.92. The van der Waals surface area contributed by atoms with E-state index in [4.69, 9.17) is 21.1 Å². The monoisotopic (exact) mass is 507 g/mol. The summed E-state index contributed by atoms with van der Waals surface area (Å²) in [6.07, 6.45) is 1.51. The SMILES string of the molecule is COc1ccc(-c2nnc(SCC(=O)N/N=C/c3ccccc3Cl)n2-c2ccc(OC)cc2)cc1. The number of methoxy groups -OCH3 is 2. The summed E-state index contributed by atoms with van der Waals surface area (Å²) in [5.74, 6) is 1.92. The van der Waals surface area contributed by atoms with Crippen molar-refractivity contribution >= 4 is 35.5 Å². The number of hydrogen-bond acceptors (Lipinski definition) is 7. The number of carbonyl (C=O) groups is 1. The van der Waals surface area contributed by atoms with Crippen molar-refractivity contribution in [2.24, 2.45) is 5.10 Å². The lowest BCUT2D eigenvalue weighted by atomic mass is 10.2. The van der Waals surface area contributed by atoms with Crippen LogP contribution in [0.5, 0.6) is 11.5 Å². The Labute approximate surface area is 211 Å². The first kappa shape index (κ1) is 24.3. The summed E-state index contributed by atoms with van der Waals surface area (Å²) in [7, 11) is 3.23. The molecule has 8 nitrogen and oxygen atoms in total. The summed E-state index contributed by atoms with van der Waals surface area (Å²) < 4.78 is 12.4. The van der Waals surface area contributed by atoms with E-state index >= 15 is 0 Å². The average molecular weight is 508 g/mol. The first-order valence-electron chi connectivity index (χ1n) is 10.5. The molecule has 3 aromatic carbocycles. The Hall–Kier alpha value is -3.82. The van der Waals surface area contributed by atoms with Crippen LogP contribution < -0.4 is 14.9 Å². The number of nitrogens with zero attached hydrogens (tertiary/aromatic N) is 4. The number of carbonyl (C=O) groups excluding carboxylic acids is 1. The van der Waals surface area contributed by atoms with Crippen LogP contribution in [0.3, 0.4) is 0 Å². The molecule has 0 aliphatic carbocycles. The van der Waals surface area contributed by atoms with E-state index in [0.717, 1.165) is 22.7 Å². The van der Waals surface area contributed by atoms with Gasteiger partial charge in [-0.2, -0.15) is 5.10 Å². The van der Waals surface area contributed by atoms with Crippen LogP contribution in [-0.2, 0) is 4.79 Å². The minimum absolute atomic E-state index is 0.0940. The maximum atomic E-state index is 12.4. The van der Waals surface area contributed by atoms with E-state index in [1.54, 1.807) is 20.3 Å². The number of thioether (sulfide) groups is 1. The molecule has 0 aliphatic heterocycles. The van der Waals surface area contributed by atoms with Crippen molar-refractivity contribution in [3.63, 3.8) is 0 Å². The topological polar surface area (TPSA) is 90.6 Å². The van der Waals surface area contributed by atoms with Crippen molar-refractivity contribution in [2.45, 2.75) is 5.16 Å². The predicted molar refractivity (Wildman–Crippen MR) is 138 cm³/mol. The molecule has 0 bridgehead atoms. The molecule has 4 aromatic rings. The molecule has 10 heteroatoms. The molecule has 0 atom stereocenters. The standard InChI is InChI=1S/C25H22ClN5O3S/c1-33-20-11-7-17(8-12-20)24-29-30-25(31(24)19-9-13-21(34-2)14-10-19)35-16-23(32)28-27-15-18-5-3-4-6-22(18)26/h3-15H,16H2,1-2H3,(H,28,32)/b27-15+. The van der Waals surface area contributed by atoms with Crippen LogP contribution in [0.1, 0.15) is 5.56 Å². The molecule has 0 radical (unpaired) electrons. The smallest absolute Gasteiger partial charge is 0.250 e. The van der Waals surface area contributed by atoms with Crippen LogP contribution >= 0.6 is 23.4 Å². The lowest BCUT2D eigenvalue weighted by Gasteiger charge is -2.11. The normalized spacial score (nSPS) is 10.9. The Balaban J connectivity index is 1.54. The molecule has 4 rings (SSSR count). The zero-order valence-corrected chi connectivity index (χ0v) is 20.6. The zero-order chi connectivity index (χ0) is 24.6. The van der Waals surface area contributed by atoms with E-state index in [1.165, 1.54) is 18.0 Å². The van der Waals surface area contributed by atoms with Gasteiger partial charge in [-0.3, -0.25) is 9.36 Å². The van der Waals surface area contributed by atoms with E-state index in [9.17, 15) is 4.79 Å². The summed E-state index contributed by atoms with van der Waals surface area (Å²) >= 11 is 7.36. The summed E-state index contributed by atoms with van der Waals surface area (Å²) in [4.78, 5) is 12.4. The predicted octanol–water partition coefficient (Wildman–Crippen LogP) is 4.85. The number of rotatable bonds is 9. The fraction of sp³-hybridized carbons (Fsp3) is 0.120. The largest absolute Gasteiger partial charge is 0.497 e. The van der Waals surface area contributed by atoms with Gasteiger partial charge in [-0.1, -0.05) is 41.6 Å². The highest BCUT2D eigenvalue weighted by Crippen LogP contribution is 2.29. The lowest BCUT2D eigenvalue weighted by molar-refractivity contribution is -0.118. The Morgan fingerprint density at radius 3 is 2.31 bits per heavy atom. The van der Waals surface area contributed by atoms with Gasteiger partial charge in [0.05, 0.1) is 26.2 Å². The van der Waals surface area contributed by atoms with E-state index in [1.807, 2.05) is 71.3 Å². The van der Waals surface area contributed by atoms with Crippen molar-refractivity contribution in [2.75, 3.05) is 20.0 Å². The third kappa shape index (κ3) is 6.00. The highest BCUT2D eigenvalue weighted by atomic mass is 35.5. The van der Waals surface area contributed by atoms with Crippen LogP contribution in [0.2, 0.25) is 5.02 Å². The Kier molecular flexibility index (Phi) is 8.02. The molecule has 0 spiro atoms. The van der Waals surface area contributed by atoms with Crippen molar-refractivity contribution in [3.8, 4) is 28.6 Å². The van der Waals surface area contributed by atoms with Gasteiger partial charge in [0.15, 0.2) is 11.0 Å². The minimum atomic E-state index is -0.284. The maximum absolute atomic E-state index is 12.4. The van der Waals surface area contributed by atoms with Crippen LogP contribution in [0, 0.1) is 0 Å². The molecule has 1 aromatic heterocycles. The Bertz CT molecular complexity index is 1320. The molecule has 178 valence electrons. The second-order valence-electron chi connectivity index (χ2n) is 7.17. The lowest BCUT2D eigenvalue weighted by Crippen LogP contribution is -2.20. The quantitative estimate of drug-likeness (QED) is 0.198. The number of hydrogen-bond donors (Lipinski definition) is 1. The highest BCUT2D eigenvalue weighted by molar-refractivity contribution is 7.99. The summed E-state index contributed by atoms with van der Waals surface area (Å²) in [6.45, 7) is 0. The number of benzene rings is 3. The third-order valence-electron chi connectivity index (χ3n) is 4.94. The molecular weight excluding hydrogens is 486 g/mol. The molecule has 35 heavy (non-hydrogen) atoms. The molecule has 0 fully saturated rings. The van der Waals surface area contributed by atoms with Gasteiger partial charge in [-0.15, -0.1) is 10.2 Å². The molecule has 1 N–H and O–H groups in total. The second-order valence-corrected chi connectivity index (χ2v) is 8.52. The molecule has 0 unspecified atom stereocenters. The number of amides is 1. The molecule has 0 aliphatic rings.